The molecule has 1 aromatic carbocycles. The first kappa shape index (κ1) is 24.5. The lowest BCUT2D eigenvalue weighted by molar-refractivity contribution is 0.0386. The van der Waals surface area contributed by atoms with Crippen LogP contribution < -0.4 is 11.1 Å². The van der Waals surface area contributed by atoms with Crippen molar-refractivity contribution in [2.24, 2.45) is 0 Å². The molecular formula is C24H28N6O4. The van der Waals surface area contributed by atoms with E-state index in [1.165, 1.54) is 7.11 Å². The van der Waals surface area contributed by atoms with Gasteiger partial charge in [-0.05, 0) is 44.4 Å². The highest BCUT2D eigenvalue weighted by atomic mass is 16.6. The SMILES string of the molecule is COCCOC(=O)c1c(C)[nH]c(C(=O)NCCCc2nn(-c3ccccc3)c(N)c2C#N)c1C. The molecule has 0 saturated carbocycles. The third-order valence-corrected chi connectivity index (χ3v) is 5.37. The normalized spacial score (nSPS) is 10.6. The summed E-state index contributed by atoms with van der Waals surface area (Å²) in [6.45, 7) is 4.20. The summed E-state index contributed by atoms with van der Waals surface area (Å²) >= 11 is 0. The minimum Gasteiger partial charge on any atom is -0.460 e. The molecule has 0 aliphatic heterocycles. The van der Waals surface area contributed by atoms with Crippen molar-refractivity contribution in [3.05, 3.63) is 64.1 Å². The van der Waals surface area contributed by atoms with E-state index in [0.717, 1.165) is 5.69 Å². The lowest BCUT2D eigenvalue weighted by Gasteiger charge is -2.06. The number of hydrogen-bond acceptors (Lipinski definition) is 7. The Balaban J connectivity index is 1.61. The molecule has 0 saturated heterocycles. The molecule has 1 amide bonds. The molecule has 0 spiro atoms. The summed E-state index contributed by atoms with van der Waals surface area (Å²) in [7, 11) is 1.52. The molecule has 0 atom stereocenters. The Labute approximate surface area is 197 Å². The lowest BCUT2D eigenvalue weighted by atomic mass is 10.1. The van der Waals surface area contributed by atoms with E-state index in [1.54, 1.807) is 18.5 Å². The van der Waals surface area contributed by atoms with Crippen molar-refractivity contribution >= 4 is 17.7 Å². The number of nitrogens with zero attached hydrogens (tertiary/aromatic N) is 3. The maximum absolute atomic E-state index is 12.7. The van der Waals surface area contributed by atoms with Crippen LogP contribution in [-0.2, 0) is 15.9 Å². The van der Waals surface area contributed by atoms with Gasteiger partial charge in [-0.15, -0.1) is 0 Å². The third-order valence-electron chi connectivity index (χ3n) is 5.37. The molecule has 0 fully saturated rings. The summed E-state index contributed by atoms with van der Waals surface area (Å²) in [5.74, 6) is -0.542. The Kier molecular flexibility index (Phi) is 8.05. The second-order valence-corrected chi connectivity index (χ2v) is 7.68. The first-order valence-corrected chi connectivity index (χ1v) is 10.8. The van der Waals surface area contributed by atoms with Crippen LogP contribution in [0.2, 0.25) is 0 Å². The smallest absolute Gasteiger partial charge is 0.340 e. The first-order valence-electron chi connectivity index (χ1n) is 10.8. The molecule has 0 aliphatic rings. The van der Waals surface area contributed by atoms with Crippen LogP contribution in [0.25, 0.3) is 5.69 Å². The summed E-state index contributed by atoms with van der Waals surface area (Å²) in [4.78, 5) is 28.0. The topological polar surface area (TPSA) is 148 Å². The standard InChI is InChI=1S/C24H28N6O4/c1-15-20(24(32)34-13-12-33-3)16(2)28-21(15)23(31)27-11-7-10-19-18(14-25)22(26)30(29-19)17-8-5-4-6-9-17/h4-6,8-9,28H,7,10-13,26H2,1-3H3,(H,27,31). The van der Waals surface area contributed by atoms with Crippen LogP contribution in [0.1, 0.15) is 49.8 Å². The number of aromatic nitrogens is 3. The van der Waals surface area contributed by atoms with Gasteiger partial charge in [0.25, 0.3) is 5.91 Å². The van der Waals surface area contributed by atoms with Gasteiger partial charge < -0.3 is 25.5 Å². The van der Waals surface area contributed by atoms with Crippen molar-refractivity contribution in [2.45, 2.75) is 26.7 Å². The Morgan fingerprint density at radius 1 is 1.24 bits per heavy atom. The summed E-state index contributed by atoms with van der Waals surface area (Å²) in [6, 6.07) is 11.5. The highest BCUT2D eigenvalue weighted by Gasteiger charge is 2.23. The summed E-state index contributed by atoms with van der Waals surface area (Å²) in [6.07, 6.45) is 1.02. The Bertz CT molecular complexity index is 1210. The fourth-order valence-corrected chi connectivity index (χ4v) is 3.66. The predicted molar refractivity (Wildman–Crippen MR) is 126 cm³/mol. The van der Waals surface area contributed by atoms with Gasteiger partial charge in [0.15, 0.2) is 0 Å². The molecule has 0 unspecified atom stereocenters. The highest BCUT2D eigenvalue weighted by molar-refractivity contribution is 6.00. The van der Waals surface area contributed by atoms with Gasteiger partial charge in [0.2, 0.25) is 0 Å². The average molecular weight is 465 g/mol. The highest BCUT2D eigenvalue weighted by Crippen LogP contribution is 2.22. The van der Waals surface area contributed by atoms with E-state index in [-0.39, 0.29) is 18.3 Å². The first-order chi connectivity index (χ1) is 16.4. The van der Waals surface area contributed by atoms with E-state index in [2.05, 4.69) is 21.5 Å². The molecular weight excluding hydrogens is 436 g/mol. The predicted octanol–water partition coefficient (Wildman–Crippen LogP) is 2.44. The molecule has 10 nitrogen and oxygen atoms in total. The van der Waals surface area contributed by atoms with E-state index in [4.69, 9.17) is 15.2 Å². The number of nitrogens with two attached hydrogens (primary N) is 1. The van der Waals surface area contributed by atoms with E-state index >= 15 is 0 Å². The van der Waals surface area contributed by atoms with Crippen molar-refractivity contribution in [1.82, 2.24) is 20.1 Å². The van der Waals surface area contributed by atoms with E-state index in [1.807, 2.05) is 30.3 Å². The number of para-hydroxylation sites is 1. The number of H-pyrrole nitrogens is 1. The number of nitriles is 1. The molecule has 10 heteroatoms. The monoisotopic (exact) mass is 464 g/mol. The average Bonchev–Trinajstić information content (AvgIpc) is 3.32. The number of esters is 1. The number of nitrogens with one attached hydrogen (secondary N) is 2. The maximum atomic E-state index is 12.7. The molecule has 3 rings (SSSR count). The number of rotatable bonds is 10. The fraction of sp³-hybridized carbons (Fsp3) is 0.333. The number of methoxy groups -OCH3 is 1. The van der Waals surface area contributed by atoms with Gasteiger partial charge >= 0.3 is 5.97 Å². The number of nitrogen functional groups attached to an aromatic ring is 1. The third kappa shape index (κ3) is 5.27. The van der Waals surface area contributed by atoms with Crippen LogP contribution in [0.4, 0.5) is 5.82 Å². The minimum absolute atomic E-state index is 0.135. The van der Waals surface area contributed by atoms with Crippen LogP contribution in [0.15, 0.2) is 30.3 Å². The van der Waals surface area contributed by atoms with Crippen molar-refractivity contribution in [3.8, 4) is 11.8 Å². The zero-order chi connectivity index (χ0) is 24.7. The molecule has 4 N–H and O–H groups in total. The second-order valence-electron chi connectivity index (χ2n) is 7.68. The molecule has 2 heterocycles. The maximum Gasteiger partial charge on any atom is 0.340 e. The summed E-state index contributed by atoms with van der Waals surface area (Å²) < 4.78 is 11.6. The zero-order valence-electron chi connectivity index (χ0n) is 19.5. The largest absolute Gasteiger partial charge is 0.460 e. The molecule has 0 bridgehead atoms. The Morgan fingerprint density at radius 3 is 2.65 bits per heavy atom. The van der Waals surface area contributed by atoms with Gasteiger partial charge in [-0.1, -0.05) is 18.2 Å². The minimum atomic E-state index is -0.502. The second kappa shape index (κ2) is 11.2. The van der Waals surface area contributed by atoms with E-state index < -0.39 is 5.97 Å². The molecule has 0 radical (unpaired) electrons. The number of ether oxygens (including phenoxy) is 2. The van der Waals surface area contributed by atoms with Crippen LogP contribution in [-0.4, -0.2) is 53.5 Å². The quantitative estimate of drug-likeness (QED) is 0.308. The molecule has 178 valence electrons. The molecule has 34 heavy (non-hydrogen) atoms. The van der Waals surface area contributed by atoms with Crippen LogP contribution >= 0.6 is 0 Å². The molecule has 0 aliphatic carbocycles. The zero-order valence-corrected chi connectivity index (χ0v) is 19.5. The van der Waals surface area contributed by atoms with Crippen molar-refractivity contribution < 1.29 is 19.1 Å². The number of carbonyl (C=O) groups is 2. The van der Waals surface area contributed by atoms with Gasteiger partial charge in [-0.25, -0.2) is 9.48 Å². The lowest BCUT2D eigenvalue weighted by Crippen LogP contribution is -2.26. The number of anilines is 1. The van der Waals surface area contributed by atoms with Crippen LogP contribution in [0.5, 0.6) is 0 Å². The van der Waals surface area contributed by atoms with Crippen LogP contribution in [0.3, 0.4) is 0 Å². The Hall–Kier alpha value is -4.10. The Morgan fingerprint density at radius 2 is 1.97 bits per heavy atom. The summed E-state index contributed by atoms with van der Waals surface area (Å²) in [5.41, 5.74) is 9.56. The molecule has 3 aromatic rings. The van der Waals surface area contributed by atoms with E-state index in [0.29, 0.717) is 59.8 Å². The van der Waals surface area contributed by atoms with Crippen molar-refractivity contribution in [3.63, 3.8) is 0 Å². The number of aryl methyl sites for hydroxylation is 2. The number of aromatic amines is 1. The van der Waals surface area contributed by atoms with Gasteiger partial charge in [0, 0.05) is 19.3 Å². The summed E-state index contributed by atoms with van der Waals surface area (Å²) in [5, 5.41) is 16.9. The van der Waals surface area contributed by atoms with Gasteiger partial charge in [-0.2, -0.15) is 10.4 Å². The molecule has 2 aromatic heterocycles. The number of carbonyl (C=O) groups excluding carboxylic acids is 2. The number of amides is 1. The number of benzene rings is 1. The fourth-order valence-electron chi connectivity index (χ4n) is 3.66. The van der Waals surface area contributed by atoms with Gasteiger partial charge in [-0.3, -0.25) is 4.79 Å². The van der Waals surface area contributed by atoms with Crippen LogP contribution in [0, 0.1) is 25.2 Å². The van der Waals surface area contributed by atoms with Crippen molar-refractivity contribution in [2.75, 3.05) is 32.6 Å². The van der Waals surface area contributed by atoms with E-state index in [9.17, 15) is 14.9 Å². The van der Waals surface area contributed by atoms with Crippen molar-refractivity contribution in [1.29, 1.82) is 5.26 Å². The van der Waals surface area contributed by atoms with Gasteiger partial charge in [0.1, 0.15) is 29.8 Å². The van der Waals surface area contributed by atoms with Gasteiger partial charge in [0.05, 0.1) is 23.6 Å². The number of hydrogen-bond donors (Lipinski definition) is 3.